The Balaban J connectivity index is 1.51. The molecular weight excluding hydrogens is 599 g/mol. The lowest BCUT2D eigenvalue weighted by Gasteiger charge is -2.12. The third-order valence-corrected chi connectivity index (χ3v) is 9.09. The molecule has 0 atom stereocenters. The molecule has 3 aromatic heterocycles. The molecule has 3 heterocycles. The zero-order chi connectivity index (χ0) is 28.3. The van der Waals surface area contributed by atoms with Crippen LogP contribution in [0, 0.1) is 12.7 Å². The monoisotopic (exact) mass is 620 g/mol. The maximum Gasteiger partial charge on any atom is 0.268 e. The number of aromatic amines is 1. The number of nitrogens with zero attached hydrogens (tertiary/aromatic N) is 4. The zero-order valence-electron chi connectivity index (χ0n) is 21.3. The molecule has 40 heavy (non-hydrogen) atoms. The molecule has 0 amide bonds. The van der Waals surface area contributed by atoms with E-state index >= 15 is 0 Å². The van der Waals surface area contributed by atoms with E-state index in [0.717, 1.165) is 32.8 Å². The summed E-state index contributed by atoms with van der Waals surface area (Å²) >= 11 is 3.13. The summed E-state index contributed by atoms with van der Waals surface area (Å²) in [4.78, 5) is 21.6. The van der Waals surface area contributed by atoms with E-state index in [1.165, 1.54) is 41.2 Å². The SMILES string of the molecule is CCc1nc2ccc(-n3ncc(C(=O)c4cc5cc(F)c(Br)cc5n4S(=O)(=O)c4ccc(C)cc4)c3N)cc2[nH]1. The Labute approximate surface area is 236 Å². The predicted molar refractivity (Wildman–Crippen MR) is 154 cm³/mol. The van der Waals surface area contributed by atoms with Crippen molar-refractivity contribution in [2.24, 2.45) is 0 Å². The van der Waals surface area contributed by atoms with Gasteiger partial charge in [0.2, 0.25) is 5.78 Å². The number of anilines is 1. The molecule has 6 aromatic rings. The van der Waals surface area contributed by atoms with Gasteiger partial charge in [0.25, 0.3) is 10.0 Å². The third kappa shape index (κ3) is 4.11. The van der Waals surface area contributed by atoms with E-state index in [1.54, 1.807) is 18.2 Å². The van der Waals surface area contributed by atoms with Gasteiger partial charge in [-0.05, 0) is 71.4 Å². The Morgan fingerprint density at radius 2 is 1.85 bits per heavy atom. The van der Waals surface area contributed by atoms with E-state index in [-0.39, 0.29) is 37.3 Å². The standard InChI is InChI=1S/C28H22BrFN6O3S/c1-3-26-33-22-9-6-17(12-23(22)34-26)35-28(31)19(14-32-35)27(37)25-11-16-10-21(30)20(29)13-24(16)36(25)40(38,39)18-7-4-15(2)5-8-18/h4-14H,3,31H2,1-2H3,(H,33,34). The molecule has 0 bridgehead atoms. The number of hydrogen-bond acceptors (Lipinski definition) is 6. The highest BCUT2D eigenvalue weighted by Crippen LogP contribution is 2.32. The molecular formula is C28H22BrFN6O3S. The number of nitrogens with one attached hydrogen (secondary N) is 1. The average molecular weight is 621 g/mol. The molecule has 0 spiro atoms. The zero-order valence-corrected chi connectivity index (χ0v) is 23.7. The fourth-order valence-electron chi connectivity index (χ4n) is 4.64. The number of nitrogen functional groups attached to an aromatic ring is 1. The number of carbonyl (C=O) groups excluding carboxylic acids is 1. The minimum atomic E-state index is -4.26. The van der Waals surface area contributed by atoms with Gasteiger partial charge in [-0.3, -0.25) is 4.79 Å². The van der Waals surface area contributed by atoms with E-state index in [0.29, 0.717) is 5.69 Å². The van der Waals surface area contributed by atoms with Gasteiger partial charge in [0.05, 0.1) is 43.4 Å². The number of fused-ring (bicyclic) bond motifs is 2. The number of carbonyl (C=O) groups is 1. The van der Waals surface area contributed by atoms with Gasteiger partial charge in [-0.25, -0.2) is 26.4 Å². The number of nitrogens with two attached hydrogens (primary N) is 1. The smallest absolute Gasteiger partial charge is 0.268 e. The summed E-state index contributed by atoms with van der Waals surface area (Å²) in [6.07, 6.45) is 2.04. The van der Waals surface area contributed by atoms with Crippen LogP contribution in [0.25, 0.3) is 27.6 Å². The number of hydrogen-bond donors (Lipinski definition) is 2. The van der Waals surface area contributed by atoms with E-state index in [1.807, 2.05) is 26.0 Å². The van der Waals surface area contributed by atoms with E-state index in [9.17, 15) is 17.6 Å². The van der Waals surface area contributed by atoms with Crippen molar-refractivity contribution in [2.75, 3.05) is 5.73 Å². The summed E-state index contributed by atoms with van der Waals surface area (Å²) < 4.78 is 44.6. The molecule has 12 heteroatoms. The lowest BCUT2D eigenvalue weighted by atomic mass is 10.1. The van der Waals surface area contributed by atoms with Gasteiger partial charge in [0.1, 0.15) is 23.2 Å². The summed E-state index contributed by atoms with van der Waals surface area (Å²) in [5.74, 6) is -0.411. The second-order valence-corrected chi connectivity index (χ2v) is 12.0. The molecule has 202 valence electrons. The van der Waals surface area contributed by atoms with Crippen LogP contribution in [-0.4, -0.2) is 37.9 Å². The highest BCUT2D eigenvalue weighted by Gasteiger charge is 2.30. The maximum absolute atomic E-state index is 14.4. The molecule has 0 radical (unpaired) electrons. The fourth-order valence-corrected chi connectivity index (χ4v) is 6.47. The normalized spacial score (nSPS) is 12.0. The summed E-state index contributed by atoms with van der Waals surface area (Å²) in [6, 6.07) is 15.5. The van der Waals surface area contributed by atoms with E-state index in [4.69, 9.17) is 5.73 Å². The van der Waals surface area contributed by atoms with Crippen LogP contribution in [0.2, 0.25) is 0 Å². The summed E-state index contributed by atoms with van der Waals surface area (Å²) in [5.41, 5.74) is 9.38. The molecule has 9 nitrogen and oxygen atoms in total. The number of ketones is 1. The van der Waals surface area contributed by atoms with E-state index < -0.39 is 21.6 Å². The first-order valence-corrected chi connectivity index (χ1v) is 14.5. The van der Waals surface area contributed by atoms with Gasteiger partial charge < -0.3 is 10.7 Å². The number of halogens is 2. The number of benzene rings is 3. The highest BCUT2D eigenvalue weighted by atomic mass is 79.9. The summed E-state index contributed by atoms with van der Waals surface area (Å²) in [5, 5.41) is 4.56. The Morgan fingerprint density at radius 3 is 2.58 bits per heavy atom. The van der Waals surface area contributed by atoms with E-state index in [2.05, 4.69) is 31.0 Å². The number of H-pyrrole nitrogens is 1. The van der Waals surface area contributed by atoms with Crippen molar-refractivity contribution >= 4 is 59.5 Å². The van der Waals surface area contributed by atoms with Gasteiger partial charge in [-0.1, -0.05) is 24.6 Å². The minimum Gasteiger partial charge on any atom is -0.383 e. The Kier molecular flexibility index (Phi) is 6.11. The summed E-state index contributed by atoms with van der Waals surface area (Å²) in [7, 11) is -4.26. The molecule has 0 unspecified atom stereocenters. The summed E-state index contributed by atoms with van der Waals surface area (Å²) in [6.45, 7) is 3.83. The first kappa shape index (κ1) is 26.0. The number of imidazole rings is 1. The fraction of sp³-hybridized carbons (Fsp3) is 0.107. The van der Waals surface area contributed by atoms with Crippen LogP contribution in [0.3, 0.4) is 0 Å². The first-order valence-electron chi connectivity index (χ1n) is 12.3. The van der Waals surface area contributed by atoms with Gasteiger partial charge in [-0.15, -0.1) is 0 Å². The third-order valence-electron chi connectivity index (χ3n) is 6.74. The first-order chi connectivity index (χ1) is 19.1. The predicted octanol–water partition coefficient (Wildman–Crippen LogP) is 5.53. The topological polar surface area (TPSA) is 129 Å². The van der Waals surface area contributed by atoms with Crippen LogP contribution in [-0.2, 0) is 16.4 Å². The van der Waals surface area contributed by atoms with Crippen LogP contribution < -0.4 is 5.73 Å². The van der Waals surface area contributed by atoms with Gasteiger partial charge in [0.15, 0.2) is 0 Å². The number of rotatable bonds is 6. The van der Waals surface area contributed by atoms with Crippen LogP contribution in [0.4, 0.5) is 10.2 Å². The van der Waals surface area contributed by atoms with Crippen molar-refractivity contribution in [3.05, 3.63) is 99.8 Å². The Hall–Kier alpha value is -4.29. The second-order valence-electron chi connectivity index (χ2n) is 9.36. The van der Waals surface area contributed by atoms with Crippen molar-refractivity contribution in [3.8, 4) is 5.69 Å². The number of aromatic nitrogens is 5. The number of aryl methyl sites for hydroxylation is 2. The largest absolute Gasteiger partial charge is 0.383 e. The molecule has 3 aromatic carbocycles. The average Bonchev–Trinajstić information content (AvgIpc) is 3.63. The van der Waals surface area contributed by atoms with Gasteiger partial charge in [-0.2, -0.15) is 5.10 Å². The Morgan fingerprint density at radius 1 is 1.10 bits per heavy atom. The lowest BCUT2D eigenvalue weighted by Crippen LogP contribution is -2.19. The Bertz CT molecular complexity index is 2080. The highest BCUT2D eigenvalue weighted by molar-refractivity contribution is 9.10. The molecule has 0 fully saturated rings. The molecule has 0 aliphatic carbocycles. The van der Waals surface area contributed by atoms with Crippen LogP contribution >= 0.6 is 15.9 Å². The quantitative estimate of drug-likeness (QED) is 0.236. The van der Waals surface area contributed by atoms with Crippen molar-refractivity contribution in [1.29, 1.82) is 0 Å². The molecule has 0 aliphatic rings. The molecule has 3 N–H and O–H groups in total. The molecule has 0 aliphatic heterocycles. The van der Waals surface area contributed by atoms with Crippen LogP contribution in [0.1, 0.15) is 34.4 Å². The second kappa shape index (κ2) is 9.42. The van der Waals surface area contributed by atoms with Crippen molar-refractivity contribution in [1.82, 2.24) is 23.7 Å². The molecule has 6 rings (SSSR count). The van der Waals surface area contributed by atoms with Crippen molar-refractivity contribution < 1.29 is 17.6 Å². The maximum atomic E-state index is 14.4. The minimum absolute atomic E-state index is 0.00153. The van der Waals surface area contributed by atoms with Gasteiger partial charge in [0, 0.05) is 11.8 Å². The van der Waals surface area contributed by atoms with Crippen molar-refractivity contribution in [3.63, 3.8) is 0 Å². The van der Waals surface area contributed by atoms with Crippen LogP contribution in [0.5, 0.6) is 0 Å². The molecule has 0 saturated heterocycles. The lowest BCUT2D eigenvalue weighted by molar-refractivity contribution is 0.103. The van der Waals surface area contributed by atoms with Crippen LogP contribution in [0.15, 0.2) is 76.2 Å². The molecule has 0 saturated carbocycles. The van der Waals surface area contributed by atoms with Gasteiger partial charge >= 0.3 is 0 Å². The van der Waals surface area contributed by atoms with Crippen molar-refractivity contribution in [2.45, 2.75) is 25.2 Å².